The van der Waals surface area contributed by atoms with Crippen molar-refractivity contribution in [1.82, 2.24) is 0 Å². The number of benzene rings is 1. The molecule has 0 aliphatic rings. The third-order valence-corrected chi connectivity index (χ3v) is 2.45. The molecule has 0 fully saturated rings. The molecule has 0 aromatic heterocycles. The Hall–Kier alpha value is -0.570. The molecular formula is C11H16ClNO. The van der Waals surface area contributed by atoms with Gasteiger partial charge in [0.2, 0.25) is 0 Å². The van der Waals surface area contributed by atoms with E-state index >= 15 is 0 Å². The summed E-state index contributed by atoms with van der Waals surface area (Å²) < 4.78 is 0. The predicted octanol–water partition coefficient (Wildman–Crippen LogP) is 2.28. The molecule has 0 saturated carbocycles. The normalized spacial score (nSPS) is 15.2. The molecule has 0 aliphatic heterocycles. The third-order valence-electron chi connectivity index (χ3n) is 2.23. The van der Waals surface area contributed by atoms with Crippen molar-refractivity contribution in [2.24, 2.45) is 5.73 Å². The van der Waals surface area contributed by atoms with Gasteiger partial charge in [-0.3, -0.25) is 0 Å². The summed E-state index contributed by atoms with van der Waals surface area (Å²) in [7, 11) is 0. The van der Waals surface area contributed by atoms with Crippen LogP contribution in [0.15, 0.2) is 18.2 Å². The average Bonchev–Trinajstić information content (AvgIpc) is 2.15. The van der Waals surface area contributed by atoms with E-state index in [2.05, 4.69) is 0 Å². The van der Waals surface area contributed by atoms with Gasteiger partial charge >= 0.3 is 0 Å². The van der Waals surface area contributed by atoms with Gasteiger partial charge in [0.05, 0.1) is 6.10 Å². The van der Waals surface area contributed by atoms with Crippen LogP contribution in [-0.4, -0.2) is 11.1 Å². The van der Waals surface area contributed by atoms with Crippen LogP contribution in [0, 0.1) is 0 Å². The Morgan fingerprint density at radius 2 is 2.07 bits per heavy atom. The second-order valence-electron chi connectivity index (χ2n) is 3.55. The van der Waals surface area contributed by atoms with E-state index in [0.717, 1.165) is 17.5 Å². The molecule has 1 rings (SSSR count). The number of hydrogen-bond acceptors (Lipinski definition) is 2. The smallest absolute Gasteiger partial charge is 0.0938 e. The summed E-state index contributed by atoms with van der Waals surface area (Å²) in [5.41, 5.74) is 7.53. The number of aryl methyl sites for hydroxylation is 1. The SMILES string of the molecule is CCc1cc(Cl)cc(C(O)C(C)N)c1. The molecule has 14 heavy (non-hydrogen) atoms. The number of halogens is 1. The van der Waals surface area contributed by atoms with Crippen molar-refractivity contribution in [1.29, 1.82) is 0 Å². The maximum atomic E-state index is 9.76. The van der Waals surface area contributed by atoms with Crippen LogP contribution in [0.1, 0.15) is 31.1 Å². The molecule has 0 aliphatic carbocycles. The Morgan fingerprint density at radius 1 is 1.43 bits per heavy atom. The summed E-state index contributed by atoms with van der Waals surface area (Å²) in [5, 5.41) is 10.4. The second-order valence-corrected chi connectivity index (χ2v) is 3.99. The molecule has 1 aromatic rings. The topological polar surface area (TPSA) is 46.2 Å². The number of hydrogen-bond donors (Lipinski definition) is 2. The van der Waals surface area contributed by atoms with Gasteiger partial charge in [-0.2, -0.15) is 0 Å². The van der Waals surface area contributed by atoms with E-state index in [0.29, 0.717) is 5.02 Å². The zero-order chi connectivity index (χ0) is 10.7. The minimum atomic E-state index is -0.640. The molecule has 0 saturated heterocycles. The molecule has 0 amide bonds. The van der Waals surface area contributed by atoms with Crippen LogP contribution in [0.3, 0.4) is 0 Å². The number of aliphatic hydroxyl groups excluding tert-OH is 1. The Balaban J connectivity index is 3.02. The molecule has 0 heterocycles. The Kier molecular flexibility index (Phi) is 3.93. The minimum Gasteiger partial charge on any atom is -0.387 e. The molecule has 1 aromatic carbocycles. The second kappa shape index (κ2) is 4.78. The van der Waals surface area contributed by atoms with E-state index in [1.54, 1.807) is 13.0 Å². The molecule has 78 valence electrons. The highest BCUT2D eigenvalue weighted by molar-refractivity contribution is 6.30. The maximum absolute atomic E-state index is 9.76. The number of aliphatic hydroxyl groups is 1. The van der Waals surface area contributed by atoms with Gasteiger partial charge in [0.15, 0.2) is 0 Å². The van der Waals surface area contributed by atoms with Gasteiger partial charge in [-0.25, -0.2) is 0 Å². The van der Waals surface area contributed by atoms with E-state index in [4.69, 9.17) is 17.3 Å². The van der Waals surface area contributed by atoms with Crippen molar-refractivity contribution in [2.45, 2.75) is 32.4 Å². The lowest BCUT2D eigenvalue weighted by Gasteiger charge is -2.16. The maximum Gasteiger partial charge on any atom is 0.0938 e. The highest BCUT2D eigenvalue weighted by Gasteiger charge is 2.13. The molecule has 3 heteroatoms. The van der Waals surface area contributed by atoms with Crippen molar-refractivity contribution >= 4 is 11.6 Å². The van der Waals surface area contributed by atoms with E-state index < -0.39 is 6.10 Å². The van der Waals surface area contributed by atoms with Crippen LogP contribution < -0.4 is 5.73 Å². The summed E-state index contributed by atoms with van der Waals surface area (Å²) in [6, 6.07) is 5.33. The van der Waals surface area contributed by atoms with E-state index in [-0.39, 0.29) is 6.04 Å². The van der Waals surface area contributed by atoms with Crippen LogP contribution in [0.5, 0.6) is 0 Å². The number of rotatable bonds is 3. The molecule has 2 unspecified atom stereocenters. The molecule has 3 N–H and O–H groups in total. The first-order valence-corrected chi connectivity index (χ1v) is 5.15. The third kappa shape index (κ3) is 2.71. The summed E-state index contributed by atoms with van der Waals surface area (Å²) in [6.07, 6.45) is 0.262. The standard InChI is InChI=1S/C11H16ClNO/c1-3-8-4-9(6-10(12)5-8)11(14)7(2)13/h4-7,11,14H,3,13H2,1-2H3. The Labute approximate surface area is 89.7 Å². The highest BCUT2D eigenvalue weighted by atomic mass is 35.5. The van der Waals surface area contributed by atoms with Crippen LogP contribution >= 0.6 is 11.6 Å². The van der Waals surface area contributed by atoms with E-state index in [1.165, 1.54) is 0 Å². The zero-order valence-electron chi connectivity index (χ0n) is 8.50. The lowest BCUT2D eigenvalue weighted by Crippen LogP contribution is -2.24. The van der Waals surface area contributed by atoms with Crippen LogP contribution in [0.4, 0.5) is 0 Å². The average molecular weight is 214 g/mol. The highest BCUT2D eigenvalue weighted by Crippen LogP contribution is 2.22. The lowest BCUT2D eigenvalue weighted by molar-refractivity contribution is 0.153. The lowest BCUT2D eigenvalue weighted by atomic mass is 10.0. The first kappa shape index (κ1) is 11.5. The first-order valence-electron chi connectivity index (χ1n) is 4.77. The zero-order valence-corrected chi connectivity index (χ0v) is 9.25. The minimum absolute atomic E-state index is 0.279. The van der Waals surface area contributed by atoms with Gasteiger partial charge in [-0.05, 0) is 36.6 Å². The van der Waals surface area contributed by atoms with Gasteiger partial charge < -0.3 is 10.8 Å². The molecule has 0 bridgehead atoms. The fraction of sp³-hybridized carbons (Fsp3) is 0.455. The van der Waals surface area contributed by atoms with E-state index in [9.17, 15) is 5.11 Å². The predicted molar refractivity (Wildman–Crippen MR) is 59.4 cm³/mol. The molecule has 0 radical (unpaired) electrons. The first-order chi connectivity index (χ1) is 6.54. The molecule has 2 nitrogen and oxygen atoms in total. The van der Waals surface area contributed by atoms with Crippen LogP contribution in [0.2, 0.25) is 5.02 Å². The van der Waals surface area contributed by atoms with Crippen LogP contribution in [-0.2, 0) is 6.42 Å². The van der Waals surface area contributed by atoms with Crippen molar-refractivity contribution in [3.05, 3.63) is 34.3 Å². The molecular weight excluding hydrogens is 198 g/mol. The van der Waals surface area contributed by atoms with Gasteiger partial charge in [0, 0.05) is 11.1 Å². The molecule has 2 atom stereocenters. The van der Waals surface area contributed by atoms with Gasteiger partial charge in [0.1, 0.15) is 0 Å². The summed E-state index contributed by atoms with van der Waals surface area (Å²) >= 11 is 5.93. The van der Waals surface area contributed by atoms with Gasteiger partial charge in [-0.15, -0.1) is 0 Å². The monoisotopic (exact) mass is 213 g/mol. The van der Waals surface area contributed by atoms with Gasteiger partial charge in [-0.1, -0.05) is 24.6 Å². The van der Waals surface area contributed by atoms with Crippen molar-refractivity contribution in [2.75, 3.05) is 0 Å². The van der Waals surface area contributed by atoms with E-state index in [1.807, 2.05) is 19.1 Å². The van der Waals surface area contributed by atoms with Crippen molar-refractivity contribution < 1.29 is 5.11 Å². The fourth-order valence-electron chi connectivity index (χ4n) is 1.35. The summed E-state index contributed by atoms with van der Waals surface area (Å²) in [6.45, 7) is 3.82. The van der Waals surface area contributed by atoms with Crippen molar-refractivity contribution in [3.63, 3.8) is 0 Å². The number of nitrogens with two attached hydrogens (primary N) is 1. The van der Waals surface area contributed by atoms with Crippen molar-refractivity contribution in [3.8, 4) is 0 Å². The quantitative estimate of drug-likeness (QED) is 0.810. The summed E-state index contributed by atoms with van der Waals surface area (Å²) in [5.74, 6) is 0. The van der Waals surface area contributed by atoms with Gasteiger partial charge in [0.25, 0.3) is 0 Å². The largest absolute Gasteiger partial charge is 0.387 e. The molecule has 0 spiro atoms. The Bertz CT molecular complexity index is 312. The van der Waals surface area contributed by atoms with Crippen LogP contribution in [0.25, 0.3) is 0 Å². The summed E-state index contributed by atoms with van der Waals surface area (Å²) in [4.78, 5) is 0. The Morgan fingerprint density at radius 3 is 2.57 bits per heavy atom. The fourth-order valence-corrected chi connectivity index (χ4v) is 1.62.